The first-order valence-corrected chi connectivity index (χ1v) is 6.10. The Kier molecular flexibility index (Phi) is 5.58. The molecule has 0 unspecified atom stereocenters. The SMILES string of the molecule is CC(C)N(C)CCOC1CCN(C)CC1. The molecule has 1 fully saturated rings. The van der Waals surface area contributed by atoms with Crippen molar-refractivity contribution in [3.8, 4) is 0 Å². The maximum absolute atomic E-state index is 5.88. The third-order valence-electron chi connectivity index (χ3n) is 3.34. The van der Waals surface area contributed by atoms with Crippen LogP contribution in [-0.4, -0.2) is 62.3 Å². The van der Waals surface area contributed by atoms with Crippen LogP contribution in [0.4, 0.5) is 0 Å². The fraction of sp³-hybridized carbons (Fsp3) is 1.00. The van der Waals surface area contributed by atoms with Crippen molar-refractivity contribution in [3.05, 3.63) is 0 Å². The molecule has 0 N–H and O–H groups in total. The highest BCUT2D eigenvalue weighted by atomic mass is 16.5. The molecule has 15 heavy (non-hydrogen) atoms. The highest BCUT2D eigenvalue weighted by Gasteiger charge is 2.16. The van der Waals surface area contributed by atoms with Gasteiger partial charge in [-0.2, -0.15) is 0 Å². The molecule has 0 radical (unpaired) electrons. The average molecular weight is 214 g/mol. The lowest BCUT2D eigenvalue weighted by atomic mass is 10.1. The maximum Gasteiger partial charge on any atom is 0.0600 e. The molecule has 1 aliphatic rings. The number of hydrogen-bond acceptors (Lipinski definition) is 3. The van der Waals surface area contributed by atoms with Gasteiger partial charge in [0.1, 0.15) is 0 Å². The third kappa shape index (κ3) is 4.96. The van der Waals surface area contributed by atoms with E-state index < -0.39 is 0 Å². The molecule has 1 saturated heterocycles. The van der Waals surface area contributed by atoms with Crippen molar-refractivity contribution in [1.29, 1.82) is 0 Å². The topological polar surface area (TPSA) is 15.7 Å². The Morgan fingerprint density at radius 2 is 1.93 bits per heavy atom. The number of nitrogens with zero attached hydrogens (tertiary/aromatic N) is 2. The molecule has 1 heterocycles. The molecule has 0 atom stereocenters. The van der Waals surface area contributed by atoms with Gasteiger partial charge < -0.3 is 14.5 Å². The molecule has 1 rings (SSSR count). The lowest BCUT2D eigenvalue weighted by Crippen LogP contribution is -2.36. The lowest BCUT2D eigenvalue weighted by molar-refractivity contribution is 0.00251. The van der Waals surface area contributed by atoms with E-state index in [9.17, 15) is 0 Å². The van der Waals surface area contributed by atoms with Gasteiger partial charge in [0.05, 0.1) is 12.7 Å². The van der Waals surface area contributed by atoms with Gasteiger partial charge in [0, 0.05) is 25.7 Å². The predicted molar refractivity (Wildman–Crippen MR) is 64.2 cm³/mol. The van der Waals surface area contributed by atoms with Crippen LogP contribution in [0.15, 0.2) is 0 Å². The molecule has 0 aromatic carbocycles. The van der Waals surface area contributed by atoms with Crippen molar-refractivity contribution in [2.45, 2.75) is 38.8 Å². The Bertz CT molecular complexity index is 165. The minimum atomic E-state index is 0.502. The molecule has 0 bridgehead atoms. The molecule has 0 aromatic rings. The Labute approximate surface area is 94.4 Å². The molecule has 3 heteroatoms. The number of ether oxygens (including phenoxy) is 1. The summed E-state index contributed by atoms with van der Waals surface area (Å²) in [5.74, 6) is 0. The number of rotatable bonds is 5. The van der Waals surface area contributed by atoms with Crippen molar-refractivity contribution >= 4 is 0 Å². The first kappa shape index (κ1) is 12.9. The monoisotopic (exact) mass is 214 g/mol. The second kappa shape index (κ2) is 6.46. The summed E-state index contributed by atoms with van der Waals surface area (Å²) in [4.78, 5) is 4.70. The van der Waals surface area contributed by atoms with Crippen LogP contribution in [0.1, 0.15) is 26.7 Å². The fourth-order valence-electron chi connectivity index (χ4n) is 1.77. The average Bonchev–Trinajstić information content (AvgIpc) is 2.20. The first-order valence-electron chi connectivity index (χ1n) is 6.10. The first-order chi connectivity index (χ1) is 7.09. The normalized spacial score (nSPS) is 20.4. The van der Waals surface area contributed by atoms with E-state index in [0.717, 1.165) is 13.2 Å². The molecule has 0 aromatic heterocycles. The van der Waals surface area contributed by atoms with E-state index in [4.69, 9.17) is 4.74 Å². The van der Waals surface area contributed by atoms with E-state index >= 15 is 0 Å². The smallest absolute Gasteiger partial charge is 0.0600 e. The van der Waals surface area contributed by atoms with Gasteiger partial charge in [-0.15, -0.1) is 0 Å². The Hall–Kier alpha value is -0.120. The summed E-state index contributed by atoms with van der Waals surface area (Å²) < 4.78 is 5.88. The van der Waals surface area contributed by atoms with Gasteiger partial charge in [-0.05, 0) is 40.8 Å². The zero-order valence-electron chi connectivity index (χ0n) is 10.7. The predicted octanol–water partition coefficient (Wildman–Crippen LogP) is 1.44. The molecule has 1 aliphatic heterocycles. The van der Waals surface area contributed by atoms with E-state index in [0.29, 0.717) is 12.1 Å². The van der Waals surface area contributed by atoms with Crippen LogP contribution in [0.25, 0.3) is 0 Å². The summed E-state index contributed by atoms with van der Waals surface area (Å²) in [5.41, 5.74) is 0. The molecular formula is C12H26N2O. The number of likely N-dealkylation sites (tertiary alicyclic amines) is 1. The van der Waals surface area contributed by atoms with Crippen LogP contribution in [-0.2, 0) is 4.74 Å². The van der Waals surface area contributed by atoms with E-state index in [1.165, 1.54) is 25.9 Å². The Morgan fingerprint density at radius 3 is 2.47 bits per heavy atom. The number of hydrogen-bond donors (Lipinski definition) is 0. The maximum atomic E-state index is 5.88. The highest BCUT2D eigenvalue weighted by molar-refractivity contribution is 4.70. The van der Waals surface area contributed by atoms with Gasteiger partial charge in [-0.3, -0.25) is 0 Å². The highest BCUT2D eigenvalue weighted by Crippen LogP contribution is 2.11. The molecular weight excluding hydrogens is 188 g/mol. The summed E-state index contributed by atoms with van der Waals surface area (Å²) in [7, 11) is 4.34. The van der Waals surface area contributed by atoms with Gasteiger partial charge >= 0.3 is 0 Å². The van der Waals surface area contributed by atoms with Gasteiger partial charge in [0.2, 0.25) is 0 Å². The molecule has 3 nitrogen and oxygen atoms in total. The fourth-order valence-corrected chi connectivity index (χ4v) is 1.77. The van der Waals surface area contributed by atoms with Crippen LogP contribution >= 0.6 is 0 Å². The molecule has 0 aliphatic carbocycles. The minimum absolute atomic E-state index is 0.502. The van der Waals surface area contributed by atoms with Crippen LogP contribution in [0.5, 0.6) is 0 Å². The third-order valence-corrected chi connectivity index (χ3v) is 3.34. The summed E-state index contributed by atoms with van der Waals surface area (Å²) in [5, 5.41) is 0. The van der Waals surface area contributed by atoms with Crippen LogP contribution in [0.2, 0.25) is 0 Å². The summed E-state index contributed by atoms with van der Waals surface area (Å²) >= 11 is 0. The zero-order chi connectivity index (χ0) is 11.3. The van der Waals surface area contributed by atoms with E-state index in [2.05, 4.69) is 37.7 Å². The second-order valence-corrected chi connectivity index (χ2v) is 4.95. The van der Waals surface area contributed by atoms with Gasteiger partial charge in [0.25, 0.3) is 0 Å². The largest absolute Gasteiger partial charge is 0.377 e. The molecule has 0 saturated carbocycles. The Morgan fingerprint density at radius 1 is 1.33 bits per heavy atom. The second-order valence-electron chi connectivity index (χ2n) is 4.95. The van der Waals surface area contributed by atoms with Crippen LogP contribution < -0.4 is 0 Å². The number of piperidine rings is 1. The van der Waals surface area contributed by atoms with Crippen LogP contribution in [0.3, 0.4) is 0 Å². The van der Waals surface area contributed by atoms with Gasteiger partial charge in [-0.25, -0.2) is 0 Å². The Balaban J connectivity index is 2.05. The summed E-state index contributed by atoms with van der Waals surface area (Å²) in [6.45, 7) is 8.73. The molecule has 90 valence electrons. The number of likely N-dealkylation sites (N-methyl/N-ethyl adjacent to an activating group) is 1. The van der Waals surface area contributed by atoms with Crippen LogP contribution in [0, 0.1) is 0 Å². The summed E-state index contributed by atoms with van der Waals surface area (Å²) in [6.07, 6.45) is 2.89. The molecule has 0 amide bonds. The van der Waals surface area contributed by atoms with Crippen molar-refractivity contribution in [3.63, 3.8) is 0 Å². The van der Waals surface area contributed by atoms with Gasteiger partial charge in [-0.1, -0.05) is 0 Å². The van der Waals surface area contributed by atoms with E-state index in [1.54, 1.807) is 0 Å². The quantitative estimate of drug-likeness (QED) is 0.689. The van der Waals surface area contributed by atoms with Crippen molar-refractivity contribution in [1.82, 2.24) is 9.80 Å². The lowest BCUT2D eigenvalue weighted by Gasteiger charge is -2.29. The molecule has 0 spiro atoms. The van der Waals surface area contributed by atoms with Crippen molar-refractivity contribution in [2.24, 2.45) is 0 Å². The minimum Gasteiger partial charge on any atom is -0.377 e. The van der Waals surface area contributed by atoms with E-state index in [1.807, 2.05) is 0 Å². The van der Waals surface area contributed by atoms with E-state index in [-0.39, 0.29) is 0 Å². The summed E-state index contributed by atoms with van der Waals surface area (Å²) in [6, 6.07) is 0.617. The standard InChI is InChI=1S/C12H26N2O/c1-11(2)14(4)9-10-15-12-5-7-13(3)8-6-12/h11-12H,5-10H2,1-4H3. The van der Waals surface area contributed by atoms with Crippen molar-refractivity contribution < 1.29 is 4.74 Å². The van der Waals surface area contributed by atoms with Gasteiger partial charge in [0.15, 0.2) is 0 Å². The van der Waals surface area contributed by atoms with Crippen molar-refractivity contribution in [2.75, 3.05) is 40.3 Å². The zero-order valence-corrected chi connectivity index (χ0v) is 10.7.